The third kappa shape index (κ3) is 3.80. The highest BCUT2D eigenvalue weighted by Crippen LogP contribution is 2.40. The number of hydrogen-bond donors (Lipinski definition) is 1. The molecule has 0 spiro atoms. The second-order valence-corrected chi connectivity index (χ2v) is 11.1. The first-order valence-electron chi connectivity index (χ1n) is 6.54. The van der Waals surface area contributed by atoms with Crippen LogP contribution in [0.2, 0.25) is 18.1 Å². The minimum Gasteiger partial charge on any atom is -0.502 e. The molecule has 1 rings (SSSR count). The molecule has 1 aromatic rings. The van der Waals surface area contributed by atoms with Gasteiger partial charge < -0.3 is 9.53 Å². The van der Waals surface area contributed by atoms with Gasteiger partial charge in [0.1, 0.15) is 0 Å². The van der Waals surface area contributed by atoms with Crippen LogP contribution in [-0.2, 0) is 4.43 Å². The topological polar surface area (TPSA) is 96.4 Å². The first-order valence-corrected chi connectivity index (χ1v) is 9.45. The lowest BCUT2D eigenvalue weighted by atomic mass is 10.1. The molecule has 1 unspecified atom stereocenters. The highest BCUT2D eigenvalue weighted by molar-refractivity contribution is 6.74. The van der Waals surface area contributed by atoms with Crippen LogP contribution in [0.5, 0.6) is 5.75 Å². The smallest absolute Gasteiger partial charge is 0.311 e. The van der Waals surface area contributed by atoms with Crippen molar-refractivity contribution in [2.24, 2.45) is 0 Å². The van der Waals surface area contributed by atoms with Crippen molar-refractivity contribution < 1.29 is 14.5 Å². The van der Waals surface area contributed by atoms with Gasteiger partial charge in [0.05, 0.1) is 11.0 Å². The van der Waals surface area contributed by atoms with Gasteiger partial charge in [0.25, 0.3) is 0 Å². The van der Waals surface area contributed by atoms with Crippen LogP contribution in [0.25, 0.3) is 0 Å². The van der Waals surface area contributed by atoms with E-state index < -0.39 is 30.8 Å². The van der Waals surface area contributed by atoms with E-state index in [0.29, 0.717) is 5.56 Å². The predicted molar refractivity (Wildman–Crippen MR) is 81.4 cm³/mol. The Labute approximate surface area is 125 Å². The van der Waals surface area contributed by atoms with Crippen molar-refractivity contribution >= 4 is 14.0 Å². The van der Waals surface area contributed by atoms with Crippen molar-refractivity contribution in [2.45, 2.75) is 45.0 Å². The summed E-state index contributed by atoms with van der Waals surface area (Å²) in [5.41, 5.74) is -0.0431. The van der Waals surface area contributed by atoms with E-state index in [1.54, 1.807) is 0 Å². The second kappa shape index (κ2) is 5.83. The van der Waals surface area contributed by atoms with Crippen molar-refractivity contribution in [3.05, 3.63) is 33.9 Å². The lowest BCUT2D eigenvalue weighted by Crippen LogP contribution is -2.41. The second-order valence-electron chi connectivity index (χ2n) is 6.39. The van der Waals surface area contributed by atoms with Crippen LogP contribution in [0.1, 0.15) is 32.4 Å². The van der Waals surface area contributed by atoms with Crippen LogP contribution in [0, 0.1) is 21.4 Å². The highest BCUT2D eigenvalue weighted by Gasteiger charge is 2.39. The molecule has 0 saturated carbocycles. The number of nitrogens with zero attached hydrogens (tertiary/aromatic N) is 2. The van der Waals surface area contributed by atoms with E-state index in [-0.39, 0.29) is 5.04 Å². The van der Waals surface area contributed by atoms with E-state index in [1.807, 2.05) is 39.9 Å². The Balaban J connectivity index is 3.16. The molecule has 0 aromatic heterocycles. The van der Waals surface area contributed by atoms with Gasteiger partial charge in [-0.25, -0.2) is 0 Å². The van der Waals surface area contributed by atoms with E-state index >= 15 is 0 Å². The zero-order valence-electron chi connectivity index (χ0n) is 12.9. The first-order chi connectivity index (χ1) is 9.49. The van der Waals surface area contributed by atoms with Gasteiger partial charge >= 0.3 is 5.69 Å². The summed E-state index contributed by atoms with van der Waals surface area (Å²) < 4.78 is 5.99. The molecule has 21 heavy (non-hydrogen) atoms. The average Bonchev–Trinajstić information content (AvgIpc) is 2.35. The normalized spacial score (nSPS) is 13.5. The van der Waals surface area contributed by atoms with Crippen LogP contribution in [0.3, 0.4) is 0 Å². The molecule has 0 amide bonds. The van der Waals surface area contributed by atoms with Crippen LogP contribution in [0.4, 0.5) is 5.69 Å². The Kier molecular flexibility index (Phi) is 4.76. The van der Waals surface area contributed by atoms with E-state index in [1.165, 1.54) is 18.2 Å². The SMILES string of the molecule is CC(C)(C)[Si](C)(C)OC(C#N)c1ccc(O)c([N+](=O)[O-])c1. The van der Waals surface area contributed by atoms with Crippen LogP contribution in [0.15, 0.2) is 18.2 Å². The molecule has 7 heteroatoms. The molecule has 1 aromatic carbocycles. The van der Waals surface area contributed by atoms with Gasteiger partial charge in [-0.05, 0) is 24.2 Å². The van der Waals surface area contributed by atoms with Crippen LogP contribution in [-0.4, -0.2) is 18.3 Å². The van der Waals surface area contributed by atoms with E-state index in [2.05, 4.69) is 0 Å². The van der Waals surface area contributed by atoms with Gasteiger partial charge in [0.15, 0.2) is 20.2 Å². The molecule has 0 aliphatic rings. The van der Waals surface area contributed by atoms with Crippen molar-refractivity contribution in [3.63, 3.8) is 0 Å². The number of phenolic OH excluding ortho intramolecular Hbond substituents is 1. The van der Waals surface area contributed by atoms with Crippen molar-refractivity contribution in [1.82, 2.24) is 0 Å². The Morgan fingerprint density at radius 1 is 1.43 bits per heavy atom. The summed E-state index contributed by atoms with van der Waals surface area (Å²) in [6.07, 6.45) is -0.884. The average molecular weight is 308 g/mol. The molecule has 1 N–H and O–H groups in total. The molecule has 1 atom stereocenters. The zero-order valence-corrected chi connectivity index (χ0v) is 13.9. The van der Waals surface area contributed by atoms with E-state index in [9.17, 15) is 20.5 Å². The maximum atomic E-state index is 10.9. The lowest BCUT2D eigenvalue weighted by molar-refractivity contribution is -0.386. The molecular weight excluding hydrogens is 288 g/mol. The summed E-state index contributed by atoms with van der Waals surface area (Å²) in [5, 5.41) is 29.6. The summed E-state index contributed by atoms with van der Waals surface area (Å²) in [6.45, 7) is 10.2. The molecule has 0 radical (unpaired) electrons. The Bertz CT molecular complexity index is 588. The van der Waals surface area contributed by atoms with Gasteiger partial charge in [-0.3, -0.25) is 10.1 Å². The Hall–Kier alpha value is -1.91. The van der Waals surface area contributed by atoms with Crippen molar-refractivity contribution in [3.8, 4) is 11.8 Å². The largest absolute Gasteiger partial charge is 0.502 e. The van der Waals surface area contributed by atoms with Gasteiger partial charge in [-0.15, -0.1) is 0 Å². The van der Waals surface area contributed by atoms with Crippen molar-refractivity contribution in [1.29, 1.82) is 5.26 Å². The molecule has 0 heterocycles. The zero-order chi connectivity index (χ0) is 16.4. The van der Waals surface area contributed by atoms with Crippen LogP contribution >= 0.6 is 0 Å². The standard InChI is InChI=1S/C14H20N2O4Si/c1-14(2,3)21(4,5)20-13(9-15)10-6-7-12(17)11(8-10)16(18)19/h6-8,13,17H,1-5H3. The number of phenols is 1. The molecule has 0 fully saturated rings. The molecule has 0 aliphatic heterocycles. The fraction of sp³-hybridized carbons (Fsp3) is 0.500. The van der Waals surface area contributed by atoms with Crippen LogP contribution < -0.4 is 0 Å². The molecule has 6 nitrogen and oxygen atoms in total. The molecule has 0 aliphatic carbocycles. The van der Waals surface area contributed by atoms with Gasteiger partial charge in [-0.2, -0.15) is 5.26 Å². The van der Waals surface area contributed by atoms with E-state index in [4.69, 9.17) is 4.43 Å². The summed E-state index contributed by atoms with van der Waals surface area (Å²) in [4.78, 5) is 10.2. The van der Waals surface area contributed by atoms with Crippen molar-refractivity contribution in [2.75, 3.05) is 0 Å². The summed E-state index contributed by atoms with van der Waals surface area (Å²) in [6, 6.07) is 5.92. The van der Waals surface area contributed by atoms with Gasteiger partial charge in [-0.1, -0.05) is 26.8 Å². The predicted octanol–water partition coefficient (Wildman–Crippen LogP) is 3.89. The number of aromatic hydroxyl groups is 1. The minimum atomic E-state index is -2.18. The molecule has 0 saturated heterocycles. The highest BCUT2D eigenvalue weighted by atomic mass is 28.4. The number of nitriles is 1. The fourth-order valence-electron chi connectivity index (χ4n) is 1.49. The number of hydrogen-bond acceptors (Lipinski definition) is 5. The Morgan fingerprint density at radius 3 is 2.43 bits per heavy atom. The lowest BCUT2D eigenvalue weighted by Gasteiger charge is -2.37. The summed E-state index contributed by atoms with van der Waals surface area (Å²) in [7, 11) is -2.18. The van der Waals surface area contributed by atoms with Gasteiger partial charge in [0, 0.05) is 11.6 Å². The fourth-order valence-corrected chi connectivity index (χ4v) is 2.62. The summed E-state index contributed by atoms with van der Waals surface area (Å²) >= 11 is 0. The Morgan fingerprint density at radius 2 is 2.00 bits per heavy atom. The number of benzene rings is 1. The first kappa shape index (κ1) is 17.1. The monoisotopic (exact) mass is 308 g/mol. The number of nitro benzene ring substituents is 1. The molecular formula is C14H20N2O4Si. The van der Waals surface area contributed by atoms with Gasteiger partial charge in [0.2, 0.25) is 0 Å². The maximum absolute atomic E-state index is 10.9. The minimum absolute atomic E-state index is 0.0784. The number of rotatable bonds is 4. The molecule has 114 valence electrons. The maximum Gasteiger partial charge on any atom is 0.311 e. The molecule has 0 bridgehead atoms. The third-order valence-electron chi connectivity index (χ3n) is 3.83. The number of nitro groups is 1. The third-order valence-corrected chi connectivity index (χ3v) is 8.27. The summed E-state index contributed by atoms with van der Waals surface area (Å²) in [5.74, 6) is -0.423. The van der Waals surface area contributed by atoms with E-state index in [0.717, 1.165) is 0 Å². The quantitative estimate of drug-likeness (QED) is 0.517.